The molecule has 0 aliphatic carbocycles. The summed E-state index contributed by atoms with van der Waals surface area (Å²) in [6.07, 6.45) is 3.15. The SMILES string of the molecule is CCC(C)(C)CCC(C)(O)C(C)(C)C. The highest BCUT2D eigenvalue weighted by Crippen LogP contribution is 2.37. The minimum atomic E-state index is -0.556. The third-order valence-corrected chi connectivity index (χ3v) is 3.86. The molecule has 0 aliphatic rings. The van der Waals surface area contributed by atoms with E-state index in [-0.39, 0.29) is 5.41 Å². The van der Waals surface area contributed by atoms with E-state index in [0.29, 0.717) is 5.41 Å². The molecular weight excluding hydrogens is 172 g/mol. The number of rotatable bonds is 4. The van der Waals surface area contributed by atoms with Crippen LogP contribution in [0, 0.1) is 10.8 Å². The van der Waals surface area contributed by atoms with Gasteiger partial charge in [-0.05, 0) is 30.6 Å². The van der Waals surface area contributed by atoms with Gasteiger partial charge in [0.2, 0.25) is 0 Å². The Morgan fingerprint density at radius 3 is 1.57 bits per heavy atom. The largest absolute Gasteiger partial charge is 0.390 e. The Morgan fingerprint density at radius 1 is 0.857 bits per heavy atom. The summed E-state index contributed by atoms with van der Waals surface area (Å²) >= 11 is 0. The molecule has 0 amide bonds. The normalized spacial score (nSPS) is 18.0. The van der Waals surface area contributed by atoms with Gasteiger partial charge in [0.1, 0.15) is 0 Å². The smallest absolute Gasteiger partial charge is 0.0668 e. The lowest BCUT2D eigenvalue weighted by molar-refractivity contribution is -0.0555. The van der Waals surface area contributed by atoms with Crippen molar-refractivity contribution in [2.24, 2.45) is 10.8 Å². The van der Waals surface area contributed by atoms with Crippen molar-refractivity contribution in [1.29, 1.82) is 0 Å². The van der Waals surface area contributed by atoms with Crippen molar-refractivity contribution < 1.29 is 5.11 Å². The molecule has 86 valence electrons. The summed E-state index contributed by atoms with van der Waals surface area (Å²) in [4.78, 5) is 0. The highest BCUT2D eigenvalue weighted by atomic mass is 16.3. The molecule has 0 rings (SSSR count). The van der Waals surface area contributed by atoms with E-state index in [1.165, 1.54) is 6.42 Å². The second kappa shape index (κ2) is 4.22. The molecule has 1 N–H and O–H groups in total. The van der Waals surface area contributed by atoms with Crippen molar-refractivity contribution in [3.05, 3.63) is 0 Å². The Hall–Kier alpha value is -0.0400. The molecule has 0 aromatic rings. The summed E-state index contributed by atoms with van der Waals surface area (Å²) in [5, 5.41) is 10.3. The van der Waals surface area contributed by atoms with Gasteiger partial charge in [0.05, 0.1) is 5.60 Å². The minimum Gasteiger partial charge on any atom is -0.390 e. The number of hydrogen-bond acceptors (Lipinski definition) is 1. The van der Waals surface area contributed by atoms with Crippen LogP contribution in [-0.2, 0) is 0 Å². The molecule has 0 saturated carbocycles. The quantitative estimate of drug-likeness (QED) is 0.727. The van der Waals surface area contributed by atoms with E-state index in [0.717, 1.165) is 12.8 Å². The Balaban J connectivity index is 4.27. The molecule has 0 radical (unpaired) electrons. The molecule has 1 nitrogen and oxygen atoms in total. The van der Waals surface area contributed by atoms with Gasteiger partial charge >= 0.3 is 0 Å². The molecule has 0 aliphatic heterocycles. The molecule has 0 bridgehead atoms. The molecule has 0 fully saturated rings. The van der Waals surface area contributed by atoms with Gasteiger partial charge in [0.25, 0.3) is 0 Å². The van der Waals surface area contributed by atoms with Gasteiger partial charge in [0, 0.05) is 0 Å². The third-order valence-electron chi connectivity index (χ3n) is 3.86. The van der Waals surface area contributed by atoms with Crippen LogP contribution in [0.4, 0.5) is 0 Å². The zero-order valence-electron chi connectivity index (χ0n) is 11.1. The van der Waals surface area contributed by atoms with Crippen LogP contribution in [-0.4, -0.2) is 10.7 Å². The molecule has 1 heteroatoms. The maximum Gasteiger partial charge on any atom is 0.0668 e. The highest BCUT2D eigenvalue weighted by molar-refractivity contribution is 4.87. The molecule has 0 saturated heterocycles. The minimum absolute atomic E-state index is 0.0309. The predicted octanol–water partition coefficient (Wildman–Crippen LogP) is 4.00. The topological polar surface area (TPSA) is 20.2 Å². The van der Waals surface area contributed by atoms with E-state index in [2.05, 4.69) is 41.5 Å². The predicted molar refractivity (Wildman–Crippen MR) is 63.4 cm³/mol. The van der Waals surface area contributed by atoms with Gasteiger partial charge in [-0.1, -0.05) is 48.0 Å². The summed E-state index contributed by atoms with van der Waals surface area (Å²) in [5.74, 6) is 0. The fraction of sp³-hybridized carbons (Fsp3) is 1.00. The Kier molecular flexibility index (Phi) is 4.21. The average Bonchev–Trinajstić information content (AvgIpc) is 1.99. The Bertz CT molecular complexity index is 172. The molecule has 14 heavy (non-hydrogen) atoms. The first-order valence-electron chi connectivity index (χ1n) is 5.74. The van der Waals surface area contributed by atoms with Gasteiger partial charge < -0.3 is 5.11 Å². The van der Waals surface area contributed by atoms with Crippen LogP contribution in [0.1, 0.15) is 67.7 Å². The zero-order chi connectivity index (χ0) is 11.6. The maximum atomic E-state index is 10.3. The first-order chi connectivity index (χ1) is 6.02. The van der Waals surface area contributed by atoms with Crippen molar-refractivity contribution >= 4 is 0 Å². The van der Waals surface area contributed by atoms with Crippen LogP contribution >= 0.6 is 0 Å². The van der Waals surface area contributed by atoms with E-state index >= 15 is 0 Å². The summed E-state index contributed by atoms with van der Waals surface area (Å²) in [5.41, 5.74) is -0.231. The lowest BCUT2D eigenvalue weighted by atomic mass is 9.72. The van der Waals surface area contributed by atoms with Gasteiger partial charge in [-0.15, -0.1) is 0 Å². The summed E-state index contributed by atoms with van der Waals surface area (Å²) in [6, 6.07) is 0. The van der Waals surface area contributed by atoms with Crippen molar-refractivity contribution in [2.45, 2.75) is 73.3 Å². The van der Waals surface area contributed by atoms with Crippen molar-refractivity contribution in [1.82, 2.24) is 0 Å². The van der Waals surface area contributed by atoms with E-state index in [4.69, 9.17) is 0 Å². The van der Waals surface area contributed by atoms with Gasteiger partial charge in [0.15, 0.2) is 0 Å². The number of aliphatic hydroxyl groups is 1. The lowest BCUT2D eigenvalue weighted by Crippen LogP contribution is -2.40. The van der Waals surface area contributed by atoms with Crippen LogP contribution in [0.25, 0.3) is 0 Å². The molecule has 1 unspecified atom stereocenters. The van der Waals surface area contributed by atoms with Crippen molar-refractivity contribution in [2.75, 3.05) is 0 Å². The fourth-order valence-corrected chi connectivity index (χ4v) is 1.13. The first-order valence-corrected chi connectivity index (χ1v) is 5.74. The van der Waals surface area contributed by atoms with E-state index in [1.807, 2.05) is 6.92 Å². The zero-order valence-corrected chi connectivity index (χ0v) is 11.1. The molecular formula is C13H28O. The standard InChI is InChI=1S/C13H28O/c1-8-12(5,6)9-10-13(7,14)11(2,3)4/h14H,8-10H2,1-7H3. The van der Waals surface area contributed by atoms with E-state index in [1.54, 1.807) is 0 Å². The monoisotopic (exact) mass is 200 g/mol. The lowest BCUT2D eigenvalue weighted by Gasteiger charge is -2.39. The molecule has 1 atom stereocenters. The number of hydrogen-bond donors (Lipinski definition) is 1. The average molecular weight is 200 g/mol. The summed E-state index contributed by atoms with van der Waals surface area (Å²) < 4.78 is 0. The van der Waals surface area contributed by atoms with Crippen LogP contribution in [0.5, 0.6) is 0 Å². The maximum absolute atomic E-state index is 10.3. The van der Waals surface area contributed by atoms with Crippen LogP contribution in [0.2, 0.25) is 0 Å². The van der Waals surface area contributed by atoms with E-state index in [9.17, 15) is 5.11 Å². The summed E-state index contributed by atoms with van der Waals surface area (Å²) in [7, 11) is 0. The second-order valence-corrected chi connectivity index (χ2v) is 6.54. The van der Waals surface area contributed by atoms with Crippen molar-refractivity contribution in [3.63, 3.8) is 0 Å². The van der Waals surface area contributed by atoms with E-state index < -0.39 is 5.60 Å². The van der Waals surface area contributed by atoms with Crippen LogP contribution in [0.3, 0.4) is 0 Å². The molecule has 0 spiro atoms. The highest BCUT2D eigenvalue weighted by Gasteiger charge is 2.36. The first kappa shape index (κ1) is 14.0. The fourth-order valence-electron chi connectivity index (χ4n) is 1.13. The Labute approximate surface area is 89.9 Å². The molecule has 0 aromatic heterocycles. The second-order valence-electron chi connectivity index (χ2n) is 6.54. The van der Waals surface area contributed by atoms with Crippen LogP contribution < -0.4 is 0 Å². The molecule has 0 heterocycles. The van der Waals surface area contributed by atoms with Crippen molar-refractivity contribution in [3.8, 4) is 0 Å². The Morgan fingerprint density at radius 2 is 1.29 bits per heavy atom. The van der Waals surface area contributed by atoms with Gasteiger partial charge in [-0.25, -0.2) is 0 Å². The molecule has 0 aromatic carbocycles. The third kappa shape index (κ3) is 4.00. The summed E-state index contributed by atoms with van der Waals surface area (Å²) in [6.45, 7) is 15.0. The van der Waals surface area contributed by atoms with Gasteiger partial charge in [-0.3, -0.25) is 0 Å². The van der Waals surface area contributed by atoms with Gasteiger partial charge in [-0.2, -0.15) is 0 Å². The van der Waals surface area contributed by atoms with Crippen LogP contribution in [0.15, 0.2) is 0 Å².